The summed E-state index contributed by atoms with van der Waals surface area (Å²) in [4.78, 5) is 3.88. The lowest BCUT2D eigenvalue weighted by atomic mass is 10.6. The molecule has 0 atom stereocenters. The van der Waals surface area contributed by atoms with Crippen molar-refractivity contribution in [2.75, 3.05) is 6.67 Å². The average molecular weight is 174 g/mol. The fourth-order valence-electron chi connectivity index (χ4n) is 0.602. The molecule has 0 fully saturated rings. The van der Waals surface area contributed by atoms with Crippen molar-refractivity contribution in [1.29, 1.82) is 0 Å². The van der Waals surface area contributed by atoms with Crippen molar-refractivity contribution in [1.82, 2.24) is 14.8 Å². The van der Waals surface area contributed by atoms with Crippen LogP contribution in [0.25, 0.3) is 0 Å². The maximum atomic E-state index is 11.7. The quantitative estimate of drug-likeness (QED) is 0.649. The van der Waals surface area contributed by atoms with E-state index in [9.17, 15) is 4.39 Å². The number of aromatic nitrogens is 3. The maximum absolute atomic E-state index is 11.7. The zero-order valence-corrected chi connectivity index (χ0v) is 6.51. The molecule has 0 aliphatic heterocycles. The molecule has 11 heavy (non-hydrogen) atoms. The van der Waals surface area contributed by atoms with Gasteiger partial charge in [0.1, 0.15) is 18.0 Å². The van der Waals surface area contributed by atoms with E-state index in [-0.39, 0.29) is 17.4 Å². The number of nitrogens with zero attached hydrogens (tertiary/aromatic N) is 3. The summed E-state index contributed by atoms with van der Waals surface area (Å²) in [6.45, 7) is -0.282. The van der Waals surface area contributed by atoms with Gasteiger partial charge in [0.25, 0.3) is 0 Å². The van der Waals surface area contributed by atoms with Crippen molar-refractivity contribution in [3.8, 4) is 0 Å². The highest BCUT2D eigenvalue weighted by molar-refractivity contribution is 7.80. The van der Waals surface area contributed by atoms with Gasteiger partial charge < -0.3 is 5.73 Å². The summed E-state index contributed by atoms with van der Waals surface area (Å²) in [5.41, 5.74) is 5.22. The molecule has 0 aromatic carbocycles. The minimum Gasteiger partial charge on any atom is -0.387 e. The molecular weight excluding hydrogens is 167 g/mol. The molecule has 0 saturated carbocycles. The predicted molar refractivity (Wildman–Crippen MR) is 41.9 cm³/mol. The summed E-state index contributed by atoms with van der Waals surface area (Å²) in [7, 11) is 0. The number of halogens is 1. The number of hydrogen-bond donors (Lipinski definition) is 1. The molecule has 0 aliphatic rings. The fourth-order valence-corrected chi connectivity index (χ4v) is 0.695. The third-order valence-electron chi connectivity index (χ3n) is 1.07. The van der Waals surface area contributed by atoms with Crippen LogP contribution in [0.1, 0.15) is 5.82 Å². The van der Waals surface area contributed by atoms with Crippen molar-refractivity contribution in [3.05, 3.63) is 12.2 Å². The minimum atomic E-state index is -0.472. The molecule has 1 heterocycles. The van der Waals surface area contributed by atoms with Crippen LogP contribution < -0.4 is 5.73 Å². The van der Waals surface area contributed by atoms with Gasteiger partial charge in [-0.1, -0.05) is 12.2 Å². The first-order valence-electron chi connectivity index (χ1n) is 2.99. The van der Waals surface area contributed by atoms with Crippen molar-refractivity contribution in [2.24, 2.45) is 5.73 Å². The smallest absolute Gasteiger partial charge is 0.208 e. The van der Waals surface area contributed by atoms with Gasteiger partial charge in [0.05, 0.1) is 6.54 Å². The van der Waals surface area contributed by atoms with Crippen LogP contribution in [0.2, 0.25) is 0 Å². The second-order valence-corrected chi connectivity index (χ2v) is 2.32. The van der Waals surface area contributed by atoms with Gasteiger partial charge in [-0.2, -0.15) is 0 Å². The Morgan fingerprint density at radius 3 is 3.00 bits per heavy atom. The van der Waals surface area contributed by atoms with Crippen LogP contribution in [-0.2, 0) is 6.54 Å². The molecule has 0 radical (unpaired) electrons. The second-order valence-electron chi connectivity index (χ2n) is 1.88. The lowest BCUT2D eigenvalue weighted by Gasteiger charge is -1.91. The third-order valence-corrected chi connectivity index (χ3v) is 1.25. The van der Waals surface area contributed by atoms with E-state index in [0.29, 0.717) is 0 Å². The van der Waals surface area contributed by atoms with Gasteiger partial charge in [0.2, 0.25) is 5.82 Å². The van der Waals surface area contributed by atoms with Crippen LogP contribution in [0.15, 0.2) is 6.33 Å². The largest absolute Gasteiger partial charge is 0.387 e. The minimum absolute atomic E-state index is 0.127. The predicted octanol–water partition coefficient (Wildman–Crippen LogP) is -0.118. The van der Waals surface area contributed by atoms with Crippen molar-refractivity contribution < 1.29 is 4.39 Å². The molecule has 60 valence electrons. The molecule has 0 bridgehead atoms. The highest BCUT2D eigenvalue weighted by Gasteiger charge is 2.01. The van der Waals surface area contributed by atoms with Crippen LogP contribution in [0, 0.1) is 0 Å². The van der Waals surface area contributed by atoms with E-state index in [0.717, 1.165) is 0 Å². The number of rotatable bonds is 3. The molecule has 1 rings (SSSR count). The zero-order chi connectivity index (χ0) is 8.27. The van der Waals surface area contributed by atoms with E-state index in [2.05, 4.69) is 22.3 Å². The van der Waals surface area contributed by atoms with E-state index in [1.54, 1.807) is 0 Å². The van der Waals surface area contributed by atoms with Crippen LogP contribution in [0.4, 0.5) is 4.39 Å². The second kappa shape index (κ2) is 3.38. The molecule has 0 unspecified atom stereocenters. The van der Waals surface area contributed by atoms with Gasteiger partial charge in [-0.15, -0.1) is 5.10 Å². The average Bonchev–Trinajstić information content (AvgIpc) is 2.37. The van der Waals surface area contributed by atoms with E-state index in [4.69, 9.17) is 5.73 Å². The van der Waals surface area contributed by atoms with E-state index in [1.807, 2.05) is 0 Å². The molecular formula is C5H7FN4S. The Hall–Kier alpha value is -1.04. The maximum Gasteiger partial charge on any atom is 0.208 e. The summed E-state index contributed by atoms with van der Waals surface area (Å²) in [6, 6.07) is 0. The van der Waals surface area contributed by atoms with Crippen molar-refractivity contribution in [3.63, 3.8) is 0 Å². The Bertz CT molecular complexity index is 259. The van der Waals surface area contributed by atoms with Gasteiger partial charge in [0, 0.05) is 0 Å². The van der Waals surface area contributed by atoms with Crippen LogP contribution in [-0.4, -0.2) is 26.4 Å². The number of nitrogens with two attached hydrogens (primary N) is 1. The first-order valence-corrected chi connectivity index (χ1v) is 3.40. The summed E-state index contributed by atoms with van der Waals surface area (Å²) >= 11 is 4.61. The SMILES string of the molecule is NC(=S)c1ncn(CCF)n1. The topological polar surface area (TPSA) is 56.7 Å². The fraction of sp³-hybridized carbons (Fsp3) is 0.400. The third kappa shape index (κ3) is 1.94. The summed E-state index contributed by atoms with van der Waals surface area (Å²) in [5, 5.41) is 3.80. The molecule has 1 aromatic rings. The van der Waals surface area contributed by atoms with Gasteiger partial charge in [0.15, 0.2) is 0 Å². The van der Waals surface area contributed by atoms with Crippen LogP contribution in [0.5, 0.6) is 0 Å². The Morgan fingerprint density at radius 2 is 2.55 bits per heavy atom. The highest BCUT2D eigenvalue weighted by atomic mass is 32.1. The van der Waals surface area contributed by atoms with Gasteiger partial charge >= 0.3 is 0 Å². The Labute approximate surface area is 68.2 Å². The van der Waals surface area contributed by atoms with Gasteiger partial charge in [-0.3, -0.25) is 0 Å². The molecule has 0 aliphatic carbocycles. The van der Waals surface area contributed by atoms with Crippen molar-refractivity contribution in [2.45, 2.75) is 6.54 Å². The molecule has 2 N–H and O–H groups in total. The summed E-state index contributed by atoms with van der Waals surface area (Å²) in [5.74, 6) is 0.286. The number of hydrogen-bond acceptors (Lipinski definition) is 3. The normalized spacial score (nSPS) is 9.91. The Morgan fingerprint density at radius 1 is 1.82 bits per heavy atom. The summed E-state index contributed by atoms with van der Waals surface area (Å²) in [6.07, 6.45) is 1.40. The van der Waals surface area contributed by atoms with Crippen LogP contribution >= 0.6 is 12.2 Å². The molecule has 1 aromatic heterocycles. The number of thiocarbonyl (C=S) groups is 1. The Balaban J connectivity index is 2.73. The standard InChI is InChI=1S/C5H7FN4S/c6-1-2-10-3-8-5(9-10)4(7)11/h3H,1-2H2,(H2,7,11). The molecule has 0 spiro atoms. The van der Waals surface area contributed by atoms with E-state index < -0.39 is 6.67 Å². The number of alkyl halides is 1. The molecule has 6 heteroatoms. The zero-order valence-electron chi connectivity index (χ0n) is 5.70. The number of aryl methyl sites for hydroxylation is 1. The highest BCUT2D eigenvalue weighted by Crippen LogP contribution is 1.89. The first-order chi connectivity index (χ1) is 5.24. The molecule has 4 nitrogen and oxygen atoms in total. The summed E-state index contributed by atoms with van der Waals surface area (Å²) < 4.78 is 13.1. The Kier molecular flexibility index (Phi) is 2.48. The lowest BCUT2D eigenvalue weighted by Crippen LogP contribution is -2.12. The van der Waals surface area contributed by atoms with E-state index >= 15 is 0 Å². The van der Waals surface area contributed by atoms with Gasteiger partial charge in [-0.25, -0.2) is 14.1 Å². The molecule has 0 saturated heterocycles. The van der Waals surface area contributed by atoms with Gasteiger partial charge in [-0.05, 0) is 0 Å². The van der Waals surface area contributed by atoms with Crippen LogP contribution in [0.3, 0.4) is 0 Å². The monoisotopic (exact) mass is 174 g/mol. The first kappa shape index (κ1) is 8.06. The van der Waals surface area contributed by atoms with E-state index in [1.165, 1.54) is 11.0 Å². The van der Waals surface area contributed by atoms with Crippen molar-refractivity contribution >= 4 is 17.2 Å². The molecule has 0 amide bonds. The lowest BCUT2D eigenvalue weighted by molar-refractivity contribution is 0.426.